The molecule has 0 bridgehead atoms. The molecule has 1 aliphatic heterocycles. The highest BCUT2D eigenvalue weighted by Gasteiger charge is 2.41. The van der Waals surface area contributed by atoms with Gasteiger partial charge in [0.2, 0.25) is 0 Å². The zero-order chi connectivity index (χ0) is 9.31. The quantitative estimate of drug-likeness (QED) is 0.623. The molecule has 2 rings (SSSR count). The first-order valence-electron chi connectivity index (χ1n) is 5.50. The van der Waals surface area contributed by atoms with Crippen LogP contribution in [0.1, 0.15) is 39.5 Å². The summed E-state index contributed by atoms with van der Waals surface area (Å²) in [6, 6.07) is 0. The molecule has 2 aliphatic rings. The summed E-state index contributed by atoms with van der Waals surface area (Å²) < 4.78 is 11.5. The van der Waals surface area contributed by atoms with Crippen LogP contribution in [0.5, 0.6) is 0 Å². The number of hydrogen-bond donors (Lipinski definition) is 0. The van der Waals surface area contributed by atoms with Crippen molar-refractivity contribution in [3.63, 3.8) is 0 Å². The second-order valence-electron chi connectivity index (χ2n) is 4.71. The molecule has 1 aliphatic carbocycles. The van der Waals surface area contributed by atoms with Crippen molar-refractivity contribution < 1.29 is 9.47 Å². The van der Waals surface area contributed by atoms with Gasteiger partial charge < -0.3 is 9.47 Å². The molecule has 2 heteroatoms. The van der Waals surface area contributed by atoms with Crippen molar-refractivity contribution in [2.75, 3.05) is 13.2 Å². The third-order valence-corrected chi connectivity index (χ3v) is 3.46. The van der Waals surface area contributed by atoms with Crippen molar-refractivity contribution in [2.24, 2.45) is 11.8 Å². The molecule has 1 atom stereocenters. The van der Waals surface area contributed by atoms with Crippen LogP contribution in [0.4, 0.5) is 0 Å². The van der Waals surface area contributed by atoms with Gasteiger partial charge in [-0.05, 0) is 24.7 Å². The molecular formula is C11H20O2. The monoisotopic (exact) mass is 184 g/mol. The van der Waals surface area contributed by atoms with Gasteiger partial charge in [-0.3, -0.25) is 0 Å². The Labute approximate surface area is 80.6 Å². The molecule has 0 radical (unpaired) electrons. The van der Waals surface area contributed by atoms with Crippen LogP contribution in [0.25, 0.3) is 0 Å². The van der Waals surface area contributed by atoms with Crippen LogP contribution in [0.15, 0.2) is 0 Å². The standard InChI is InChI=1S/C11H20O2/c1-9(2)10-4-3-5-11(8-10)12-6-7-13-11/h9-10H,3-8H2,1-2H3. The highest BCUT2D eigenvalue weighted by molar-refractivity contribution is 4.84. The predicted molar refractivity (Wildman–Crippen MR) is 51.4 cm³/mol. The zero-order valence-corrected chi connectivity index (χ0v) is 8.71. The highest BCUT2D eigenvalue weighted by atomic mass is 16.7. The van der Waals surface area contributed by atoms with Crippen LogP contribution in [0.3, 0.4) is 0 Å². The zero-order valence-electron chi connectivity index (χ0n) is 8.71. The molecule has 0 aromatic rings. The second kappa shape index (κ2) is 3.58. The van der Waals surface area contributed by atoms with Gasteiger partial charge in [-0.25, -0.2) is 0 Å². The lowest BCUT2D eigenvalue weighted by Crippen LogP contribution is -2.37. The van der Waals surface area contributed by atoms with E-state index in [0.29, 0.717) is 0 Å². The molecule has 1 saturated heterocycles. The summed E-state index contributed by atoms with van der Waals surface area (Å²) in [5.74, 6) is 1.39. The molecule has 1 heterocycles. The Balaban J connectivity index is 1.98. The maximum absolute atomic E-state index is 5.74. The molecule has 2 nitrogen and oxygen atoms in total. The van der Waals surface area contributed by atoms with E-state index in [1.165, 1.54) is 12.8 Å². The number of ether oxygens (including phenoxy) is 2. The lowest BCUT2D eigenvalue weighted by molar-refractivity contribution is -0.190. The fraction of sp³-hybridized carbons (Fsp3) is 1.00. The van der Waals surface area contributed by atoms with Gasteiger partial charge in [-0.2, -0.15) is 0 Å². The summed E-state index contributed by atoms with van der Waals surface area (Å²) in [5.41, 5.74) is 0. The molecule has 0 aromatic heterocycles. The van der Waals surface area contributed by atoms with Gasteiger partial charge in [0.1, 0.15) is 0 Å². The van der Waals surface area contributed by atoms with Crippen molar-refractivity contribution in [3.8, 4) is 0 Å². The van der Waals surface area contributed by atoms with E-state index < -0.39 is 0 Å². The Bertz CT molecular complexity index is 171. The maximum Gasteiger partial charge on any atom is 0.168 e. The van der Waals surface area contributed by atoms with E-state index in [9.17, 15) is 0 Å². The highest BCUT2D eigenvalue weighted by Crippen LogP contribution is 2.41. The van der Waals surface area contributed by atoms with Gasteiger partial charge in [0.25, 0.3) is 0 Å². The third kappa shape index (κ3) is 1.89. The average molecular weight is 184 g/mol. The van der Waals surface area contributed by atoms with E-state index >= 15 is 0 Å². The fourth-order valence-corrected chi connectivity index (χ4v) is 2.57. The van der Waals surface area contributed by atoms with Crippen LogP contribution in [-0.4, -0.2) is 19.0 Å². The van der Waals surface area contributed by atoms with Crippen LogP contribution in [0, 0.1) is 11.8 Å². The SMILES string of the molecule is CC(C)C1CCCC2(C1)OCCO2. The predicted octanol–water partition coefficient (Wildman–Crippen LogP) is 2.58. The first-order valence-corrected chi connectivity index (χ1v) is 5.50. The smallest absolute Gasteiger partial charge is 0.168 e. The fourth-order valence-electron chi connectivity index (χ4n) is 2.57. The Kier molecular flexibility index (Phi) is 2.61. The van der Waals surface area contributed by atoms with Gasteiger partial charge in [0.05, 0.1) is 13.2 Å². The van der Waals surface area contributed by atoms with Crippen molar-refractivity contribution in [1.82, 2.24) is 0 Å². The van der Waals surface area contributed by atoms with Crippen molar-refractivity contribution >= 4 is 0 Å². The normalized spacial score (nSPS) is 33.0. The number of hydrogen-bond acceptors (Lipinski definition) is 2. The molecule has 1 spiro atoms. The van der Waals surface area contributed by atoms with E-state index in [4.69, 9.17) is 9.47 Å². The number of rotatable bonds is 1. The molecule has 0 amide bonds. The Morgan fingerprint density at radius 2 is 1.92 bits per heavy atom. The minimum absolute atomic E-state index is 0.173. The summed E-state index contributed by atoms with van der Waals surface area (Å²) in [5, 5.41) is 0. The molecule has 76 valence electrons. The van der Waals surface area contributed by atoms with Crippen LogP contribution < -0.4 is 0 Å². The summed E-state index contributed by atoms with van der Waals surface area (Å²) >= 11 is 0. The molecule has 1 unspecified atom stereocenters. The minimum Gasteiger partial charge on any atom is -0.348 e. The Morgan fingerprint density at radius 1 is 1.23 bits per heavy atom. The first kappa shape index (κ1) is 9.47. The summed E-state index contributed by atoms with van der Waals surface area (Å²) in [6.07, 6.45) is 4.84. The van der Waals surface area contributed by atoms with Gasteiger partial charge in [0.15, 0.2) is 5.79 Å². The van der Waals surface area contributed by atoms with E-state index in [-0.39, 0.29) is 5.79 Å². The average Bonchev–Trinajstić information content (AvgIpc) is 2.53. The lowest BCUT2D eigenvalue weighted by Gasteiger charge is -2.37. The lowest BCUT2D eigenvalue weighted by atomic mass is 9.78. The third-order valence-electron chi connectivity index (χ3n) is 3.46. The molecule has 0 aromatic carbocycles. The van der Waals surface area contributed by atoms with Gasteiger partial charge in [0, 0.05) is 12.8 Å². The summed E-state index contributed by atoms with van der Waals surface area (Å²) in [6.45, 7) is 6.20. The van der Waals surface area contributed by atoms with E-state index in [1.54, 1.807) is 0 Å². The Morgan fingerprint density at radius 3 is 2.54 bits per heavy atom. The van der Waals surface area contributed by atoms with Gasteiger partial charge in [-0.1, -0.05) is 13.8 Å². The largest absolute Gasteiger partial charge is 0.348 e. The van der Waals surface area contributed by atoms with E-state index in [2.05, 4.69) is 13.8 Å². The van der Waals surface area contributed by atoms with Crippen molar-refractivity contribution in [1.29, 1.82) is 0 Å². The maximum atomic E-state index is 5.74. The van der Waals surface area contributed by atoms with Crippen LogP contribution in [0.2, 0.25) is 0 Å². The van der Waals surface area contributed by atoms with Crippen LogP contribution >= 0.6 is 0 Å². The molecule has 2 fully saturated rings. The van der Waals surface area contributed by atoms with Gasteiger partial charge >= 0.3 is 0 Å². The molecule has 13 heavy (non-hydrogen) atoms. The van der Waals surface area contributed by atoms with Crippen LogP contribution in [-0.2, 0) is 9.47 Å². The van der Waals surface area contributed by atoms with Crippen molar-refractivity contribution in [2.45, 2.75) is 45.3 Å². The van der Waals surface area contributed by atoms with E-state index in [1.807, 2.05) is 0 Å². The minimum atomic E-state index is -0.173. The van der Waals surface area contributed by atoms with Gasteiger partial charge in [-0.15, -0.1) is 0 Å². The molecule has 0 N–H and O–H groups in total. The topological polar surface area (TPSA) is 18.5 Å². The van der Waals surface area contributed by atoms with Crippen molar-refractivity contribution in [3.05, 3.63) is 0 Å². The molecular weight excluding hydrogens is 164 g/mol. The second-order valence-corrected chi connectivity index (χ2v) is 4.71. The van der Waals surface area contributed by atoms with E-state index in [0.717, 1.165) is 37.9 Å². The summed E-state index contributed by atoms with van der Waals surface area (Å²) in [7, 11) is 0. The first-order chi connectivity index (χ1) is 6.22. The molecule has 1 saturated carbocycles. The summed E-state index contributed by atoms with van der Waals surface area (Å²) in [4.78, 5) is 0. The Hall–Kier alpha value is -0.0800.